The zero-order valence-electron chi connectivity index (χ0n) is 19.4. The third kappa shape index (κ3) is 6.74. The van der Waals surface area contributed by atoms with Crippen molar-refractivity contribution in [3.8, 4) is 11.5 Å². The molecule has 0 spiro atoms. The van der Waals surface area contributed by atoms with Gasteiger partial charge in [0, 0.05) is 5.69 Å². The molecular weight excluding hydrogens is 492 g/mol. The van der Waals surface area contributed by atoms with Gasteiger partial charge in [0.15, 0.2) is 0 Å². The fourth-order valence-electron chi connectivity index (χ4n) is 3.31. The number of anilines is 2. The minimum atomic E-state index is -3.83. The van der Waals surface area contributed by atoms with Gasteiger partial charge in [-0.3, -0.25) is 9.10 Å². The smallest absolute Gasteiger partial charge is 0.339 e. The van der Waals surface area contributed by atoms with Crippen molar-refractivity contribution >= 4 is 44.9 Å². The second-order valence-corrected chi connectivity index (χ2v) is 9.81. The number of benzene rings is 3. The molecule has 0 aromatic heterocycles. The molecule has 3 aromatic carbocycles. The molecule has 0 aliphatic heterocycles. The fourth-order valence-corrected chi connectivity index (χ4v) is 4.68. The number of carbonyl (C=O) groups is 2. The van der Waals surface area contributed by atoms with E-state index in [0.717, 1.165) is 10.6 Å². The van der Waals surface area contributed by atoms with E-state index in [1.807, 2.05) is 18.2 Å². The highest BCUT2D eigenvalue weighted by molar-refractivity contribution is 7.92. The molecule has 0 unspecified atom stereocenters. The Hall–Kier alpha value is -3.56. The monoisotopic (exact) mass is 516 g/mol. The van der Waals surface area contributed by atoms with Gasteiger partial charge in [-0.2, -0.15) is 0 Å². The lowest BCUT2D eigenvalue weighted by Gasteiger charge is -2.28. The van der Waals surface area contributed by atoms with E-state index in [2.05, 4.69) is 5.32 Å². The zero-order valence-corrected chi connectivity index (χ0v) is 21.0. The summed E-state index contributed by atoms with van der Waals surface area (Å²) in [5.74, 6) is -0.0781. The number of para-hydroxylation sites is 1. The average Bonchev–Trinajstić information content (AvgIpc) is 2.81. The van der Waals surface area contributed by atoms with E-state index in [4.69, 9.17) is 21.1 Å². The topological polar surface area (TPSA) is 102 Å². The predicted octanol–water partition coefficient (Wildman–Crippen LogP) is 5.10. The van der Waals surface area contributed by atoms with Crippen LogP contribution in [0.5, 0.6) is 11.5 Å². The van der Waals surface area contributed by atoms with E-state index in [0.29, 0.717) is 17.2 Å². The van der Waals surface area contributed by atoms with Crippen LogP contribution in [0.4, 0.5) is 11.4 Å². The highest BCUT2D eigenvalue weighted by Crippen LogP contribution is 2.28. The first kappa shape index (κ1) is 26.1. The molecule has 3 aromatic rings. The summed E-state index contributed by atoms with van der Waals surface area (Å²) in [6, 6.07) is 18.7. The second-order valence-electron chi connectivity index (χ2n) is 7.55. The molecule has 0 radical (unpaired) electrons. The molecule has 35 heavy (non-hydrogen) atoms. The number of halogens is 1. The van der Waals surface area contributed by atoms with E-state index in [9.17, 15) is 18.0 Å². The van der Waals surface area contributed by atoms with E-state index in [-0.39, 0.29) is 22.9 Å². The van der Waals surface area contributed by atoms with Gasteiger partial charge in [0.25, 0.3) is 0 Å². The Labute approximate surface area is 209 Å². The van der Waals surface area contributed by atoms with Gasteiger partial charge in [0.05, 0.1) is 29.1 Å². The van der Waals surface area contributed by atoms with Crippen LogP contribution in [0, 0.1) is 0 Å². The maximum atomic E-state index is 13.0. The summed E-state index contributed by atoms with van der Waals surface area (Å²) in [4.78, 5) is 25.1. The maximum Gasteiger partial charge on any atom is 0.339 e. The Balaban J connectivity index is 1.80. The van der Waals surface area contributed by atoms with Crippen LogP contribution in [-0.2, 0) is 19.6 Å². The molecule has 0 aliphatic carbocycles. The van der Waals surface area contributed by atoms with Crippen molar-refractivity contribution in [2.24, 2.45) is 0 Å². The molecule has 0 bridgehead atoms. The van der Waals surface area contributed by atoms with Gasteiger partial charge in [-0.25, -0.2) is 13.2 Å². The first-order valence-electron chi connectivity index (χ1n) is 10.7. The van der Waals surface area contributed by atoms with Crippen LogP contribution in [0.25, 0.3) is 0 Å². The number of nitrogens with one attached hydrogen (secondary N) is 1. The van der Waals surface area contributed by atoms with E-state index in [1.165, 1.54) is 25.1 Å². The highest BCUT2D eigenvalue weighted by atomic mass is 35.5. The molecule has 0 saturated carbocycles. The molecule has 1 N–H and O–H groups in total. The van der Waals surface area contributed by atoms with E-state index >= 15 is 0 Å². The third-order valence-corrected chi connectivity index (χ3v) is 6.46. The largest absolute Gasteiger partial charge is 0.462 e. The number of hydrogen-bond acceptors (Lipinski definition) is 6. The molecule has 3 rings (SSSR count). The Morgan fingerprint density at radius 3 is 2.23 bits per heavy atom. The standard InChI is InChI=1S/C25H25ClN2O6S/c1-4-33-25(30)22-16-18(10-15-23(22)26)27-24(29)17(2)28(35(3,31)32)19-11-13-21(14-12-19)34-20-8-6-5-7-9-20/h5-17H,4H2,1-3H3,(H,27,29)/t17-/m1/s1. The second kappa shape index (κ2) is 11.2. The molecule has 0 saturated heterocycles. The summed E-state index contributed by atoms with van der Waals surface area (Å²) in [6.07, 6.45) is 1.02. The van der Waals surface area contributed by atoms with Crippen molar-refractivity contribution in [3.63, 3.8) is 0 Å². The molecule has 0 aliphatic rings. The highest BCUT2D eigenvalue weighted by Gasteiger charge is 2.29. The van der Waals surface area contributed by atoms with Crippen molar-refractivity contribution in [2.75, 3.05) is 22.5 Å². The molecule has 1 amide bonds. The molecule has 0 heterocycles. The first-order chi connectivity index (χ1) is 16.6. The van der Waals surface area contributed by atoms with Crippen molar-refractivity contribution in [1.29, 1.82) is 0 Å². The Kier molecular flexibility index (Phi) is 8.37. The maximum absolute atomic E-state index is 13.0. The molecule has 1 atom stereocenters. The van der Waals surface area contributed by atoms with Crippen LogP contribution in [0.3, 0.4) is 0 Å². The summed E-state index contributed by atoms with van der Waals surface area (Å²) < 4.78 is 36.9. The van der Waals surface area contributed by atoms with Crippen LogP contribution in [0.2, 0.25) is 5.02 Å². The van der Waals surface area contributed by atoms with Gasteiger partial charge in [-0.1, -0.05) is 29.8 Å². The van der Waals surface area contributed by atoms with Gasteiger partial charge in [0.1, 0.15) is 17.5 Å². The number of rotatable bonds is 9. The lowest BCUT2D eigenvalue weighted by molar-refractivity contribution is -0.116. The van der Waals surface area contributed by atoms with Gasteiger partial charge in [-0.15, -0.1) is 0 Å². The van der Waals surface area contributed by atoms with E-state index < -0.39 is 27.9 Å². The number of sulfonamides is 1. The van der Waals surface area contributed by atoms with Crippen molar-refractivity contribution in [1.82, 2.24) is 0 Å². The van der Waals surface area contributed by atoms with Gasteiger partial charge >= 0.3 is 5.97 Å². The Morgan fingerprint density at radius 1 is 1.00 bits per heavy atom. The van der Waals surface area contributed by atoms with Crippen molar-refractivity contribution < 1.29 is 27.5 Å². The van der Waals surface area contributed by atoms with Crippen LogP contribution >= 0.6 is 11.6 Å². The van der Waals surface area contributed by atoms with Crippen LogP contribution < -0.4 is 14.4 Å². The third-order valence-electron chi connectivity index (χ3n) is 4.89. The number of amides is 1. The number of nitrogens with zero attached hydrogens (tertiary/aromatic N) is 1. The lowest BCUT2D eigenvalue weighted by Crippen LogP contribution is -2.45. The summed E-state index contributed by atoms with van der Waals surface area (Å²) in [5.41, 5.74) is 0.654. The Bertz CT molecular complexity index is 1300. The molecule has 10 heteroatoms. The Morgan fingerprint density at radius 2 is 1.63 bits per heavy atom. The summed E-state index contributed by atoms with van der Waals surface area (Å²) in [5, 5.41) is 2.81. The predicted molar refractivity (Wildman–Crippen MR) is 136 cm³/mol. The molecular formula is C25H25ClN2O6S. The summed E-state index contributed by atoms with van der Waals surface area (Å²) in [6.45, 7) is 3.30. The van der Waals surface area contributed by atoms with Crippen LogP contribution in [0.15, 0.2) is 72.8 Å². The van der Waals surface area contributed by atoms with Crippen LogP contribution in [0.1, 0.15) is 24.2 Å². The molecule has 184 valence electrons. The normalized spacial score (nSPS) is 11.9. The average molecular weight is 517 g/mol. The number of carbonyl (C=O) groups excluding carboxylic acids is 2. The number of esters is 1. The van der Waals surface area contributed by atoms with E-state index in [1.54, 1.807) is 43.3 Å². The van der Waals surface area contributed by atoms with Gasteiger partial charge in [0.2, 0.25) is 15.9 Å². The summed E-state index contributed by atoms with van der Waals surface area (Å²) >= 11 is 6.07. The van der Waals surface area contributed by atoms with Gasteiger partial charge in [-0.05, 0) is 68.4 Å². The van der Waals surface area contributed by atoms with Gasteiger partial charge < -0.3 is 14.8 Å². The zero-order chi connectivity index (χ0) is 25.6. The minimum absolute atomic E-state index is 0.0907. The van der Waals surface area contributed by atoms with Crippen LogP contribution in [-0.4, -0.2) is 39.2 Å². The lowest BCUT2D eigenvalue weighted by atomic mass is 10.2. The SMILES string of the molecule is CCOC(=O)c1cc(NC(=O)[C@@H](C)N(c2ccc(Oc3ccccc3)cc2)S(C)(=O)=O)ccc1Cl. The van der Waals surface area contributed by atoms with Crippen molar-refractivity contribution in [2.45, 2.75) is 19.9 Å². The summed E-state index contributed by atoms with van der Waals surface area (Å²) in [7, 11) is -3.83. The number of ether oxygens (including phenoxy) is 2. The fraction of sp³-hybridized carbons (Fsp3) is 0.200. The quantitative estimate of drug-likeness (QED) is 0.397. The molecule has 0 fully saturated rings. The first-order valence-corrected chi connectivity index (χ1v) is 12.9. The molecule has 8 nitrogen and oxygen atoms in total. The minimum Gasteiger partial charge on any atom is -0.462 e. The van der Waals surface area contributed by atoms with Crippen molar-refractivity contribution in [3.05, 3.63) is 83.4 Å². The number of hydrogen-bond donors (Lipinski definition) is 1.